The molecule has 0 unspecified atom stereocenters. The van der Waals surface area contributed by atoms with Crippen molar-refractivity contribution in [3.63, 3.8) is 0 Å². The second-order valence-electron chi connectivity index (χ2n) is 5.38. The molecular weight excluding hydrogens is 293 g/mol. The highest BCUT2D eigenvalue weighted by Gasteiger charge is 2.25. The molecule has 1 aliphatic rings. The van der Waals surface area contributed by atoms with Crippen LogP contribution in [-0.2, 0) is 6.54 Å². The maximum absolute atomic E-state index is 13.0. The lowest BCUT2D eigenvalue weighted by atomic mass is 10.2. The Hall–Kier alpha value is -3.08. The third-order valence-electron chi connectivity index (χ3n) is 3.93. The lowest BCUT2D eigenvalue weighted by Gasteiger charge is -2.31. The molecule has 4 nitrogen and oxygen atoms in total. The maximum atomic E-state index is 13.0. The molecule has 0 saturated heterocycles. The van der Waals surface area contributed by atoms with Gasteiger partial charge in [0.2, 0.25) is 0 Å². The smallest absolute Gasteiger partial charge is 0.317 e. The molecule has 0 fully saturated rings. The summed E-state index contributed by atoms with van der Waals surface area (Å²) in [6.45, 7) is 0.483. The number of carbonyl (C=O) groups excluding carboxylic acids is 1. The minimum Gasteiger partial charge on any atom is -0.317 e. The number of para-hydroxylation sites is 2. The predicted octanol–water partition coefficient (Wildman–Crippen LogP) is 4.17. The lowest BCUT2D eigenvalue weighted by molar-refractivity contribution is 0.256. The molecule has 1 N–H and O–H groups in total. The van der Waals surface area contributed by atoms with E-state index in [2.05, 4.69) is 9.88 Å². The fourth-order valence-electron chi connectivity index (χ4n) is 2.83. The number of nitrogens with one attached hydrogen (secondary N) is 1. The number of hydrogen-bond donors (Lipinski definition) is 1. The molecular formula is C18H14FN3O. The summed E-state index contributed by atoms with van der Waals surface area (Å²) in [5, 5.41) is 2.81. The Labute approximate surface area is 132 Å². The van der Waals surface area contributed by atoms with Crippen LogP contribution in [0.3, 0.4) is 0 Å². The van der Waals surface area contributed by atoms with Gasteiger partial charge in [0, 0.05) is 17.6 Å². The van der Waals surface area contributed by atoms with Gasteiger partial charge in [0.25, 0.3) is 0 Å². The molecule has 0 bridgehead atoms. The van der Waals surface area contributed by atoms with Gasteiger partial charge in [-0.3, -0.25) is 4.90 Å². The van der Waals surface area contributed by atoms with Gasteiger partial charge in [-0.25, -0.2) is 9.18 Å². The number of hydrogen-bond acceptors (Lipinski definition) is 1. The first-order valence-electron chi connectivity index (χ1n) is 7.32. The molecule has 1 aliphatic heterocycles. The van der Waals surface area contributed by atoms with Crippen molar-refractivity contribution in [3.05, 3.63) is 78.4 Å². The van der Waals surface area contributed by atoms with Crippen LogP contribution in [0.4, 0.5) is 20.6 Å². The number of fused-ring (bicyclic) bond motifs is 3. The van der Waals surface area contributed by atoms with Gasteiger partial charge in [0.15, 0.2) is 0 Å². The molecule has 5 heteroatoms. The van der Waals surface area contributed by atoms with Crippen LogP contribution in [0.5, 0.6) is 0 Å². The SMILES string of the molecule is O=C(Nc1ccc(F)cc1)N1Cc2cccn2-c2ccccc21. The van der Waals surface area contributed by atoms with Gasteiger partial charge < -0.3 is 9.88 Å². The van der Waals surface area contributed by atoms with Crippen molar-refractivity contribution in [2.24, 2.45) is 0 Å². The van der Waals surface area contributed by atoms with E-state index in [4.69, 9.17) is 0 Å². The van der Waals surface area contributed by atoms with Crippen LogP contribution >= 0.6 is 0 Å². The first kappa shape index (κ1) is 13.6. The number of anilines is 2. The topological polar surface area (TPSA) is 37.3 Å². The molecule has 0 spiro atoms. The van der Waals surface area contributed by atoms with Gasteiger partial charge in [0.1, 0.15) is 5.82 Å². The highest BCUT2D eigenvalue weighted by atomic mass is 19.1. The van der Waals surface area contributed by atoms with Crippen molar-refractivity contribution in [2.75, 3.05) is 10.2 Å². The van der Waals surface area contributed by atoms with Crippen LogP contribution in [0.25, 0.3) is 5.69 Å². The highest BCUT2D eigenvalue weighted by Crippen LogP contribution is 2.32. The van der Waals surface area contributed by atoms with Crippen molar-refractivity contribution in [3.8, 4) is 5.69 Å². The fourth-order valence-corrected chi connectivity index (χ4v) is 2.83. The van der Waals surface area contributed by atoms with Crippen molar-refractivity contribution >= 4 is 17.4 Å². The summed E-state index contributed by atoms with van der Waals surface area (Å²) in [4.78, 5) is 14.3. The van der Waals surface area contributed by atoms with Gasteiger partial charge in [0.05, 0.1) is 17.9 Å². The first-order chi connectivity index (χ1) is 11.2. The Morgan fingerprint density at radius 1 is 0.957 bits per heavy atom. The maximum Gasteiger partial charge on any atom is 0.326 e. The van der Waals surface area contributed by atoms with Crippen molar-refractivity contribution in [1.82, 2.24) is 4.57 Å². The third-order valence-corrected chi connectivity index (χ3v) is 3.93. The number of halogens is 1. The van der Waals surface area contributed by atoms with Crippen LogP contribution in [0, 0.1) is 5.82 Å². The zero-order chi connectivity index (χ0) is 15.8. The molecule has 114 valence electrons. The van der Waals surface area contributed by atoms with Crippen LogP contribution < -0.4 is 10.2 Å². The average Bonchev–Trinajstić information content (AvgIpc) is 3.05. The van der Waals surface area contributed by atoms with Crippen molar-refractivity contribution in [1.29, 1.82) is 0 Å². The van der Waals surface area contributed by atoms with Crippen LogP contribution in [0.2, 0.25) is 0 Å². The predicted molar refractivity (Wildman–Crippen MR) is 87.4 cm³/mol. The average molecular weight is 307 g/mol. The second-order valence-corrected chi connectivity index (χ2v) is 5.38. The number of urea groups is 1. The summed E-state index contributed by atoms with van der Waals surface area (Å²) in [6, 6.07) is 17.2. The molecule has 2 amide bonds. The molecule has 0 radical (unpaired) electrons. The van der Waals surface area contributed by atoms with E-state index in [1.54, 1.807) is 17.0 Å². The van der Waals surface area contributed by atoms with Gasteiger partial charge in [-0.15, -0.1) is 0 Å². The summed E-state index contributed by atoms with van der Waals surface area (Å²) >= 11 is 0. The largest absolute Gasteiger partial charge is 0.326 e. The Balaban J connectivity index is 1.67. The van der Waals surface area contributed by atoms with Crippen molar-refractivity contribution in [2.45, 2.75) is 6.54 Å². The van der Waals surface area contributed by atoms with E-state index in [1.807, 2.05) is 42.6 Å². The molecule has 1 aromatic heterocycles. The molecule has 3 aromatic rings. The van der Waals surface area contributed by atoms with Crippen molar-refractivity contribution < 1.29 is 9.18 Å². The molecule has 23 heavy (non-hydrogen) atoms. The highest BCUT2D eigenvalue weighted by molar-refractivity contribution is 6.03. The van der Waals surface area contributed by atoms with Crippen LogP contribution in [-0.4, -0.2) is 10.6 Å². The molecule has 0 saturated carbocycles. The minimum atomic E-state index is -0.329. The van der Waals surface area contributed by atoms with E-state index < -0.39 is 0 Å². The number of nitrogens with zero attached hydrogens (tertiary/aromatic N) is 2. The fraction of sp³-hybridized carbons (Fsp3) is 0.0556. The first-order valence-corrected chi connectivity index (χ1v) is 7.32. The number of aromatic nitrogens is 1. The van der Waals surface area contributed by atoms with E-state index in [-0.39, 0.29) is 11.8 Å². The Morgan fingerprint density at radius 3 is 2.48 bits per heavy atom. The van der Waals surface area contributed by atoms with Gasteiger partial charge in [-0.1, -0.05) is 12.1 Å². The quantitative estimate of drug-likeness (QED) is 0.720. The number of carbonyl (C=O) groups is 1. The summed E-state index contributed by atoms with van der Waals surface area (Å²) < 4.78 is 15.1. The molecule has 0 aliphatic carbocycles. The minimum absolute atomic E-state index is 0.239. The zero-order valence-corrected chi connectivity index (χ0v) is 12.2. The lowest BCUT2D eigenvalue weighted by Crippen LogP contribution is -2.38. The standard InChI is InChI=1S/C18H14FN3O/c19-13-7-9-14(10-8-13)20-18(23)22-12-15-4-3-11-21(15)16-5-1-2-6-17(16)22/h1-11H,12H2,(H,20,23). The summed E-state index contributed by atoms with van der Waals surface area (Å²) in [5.74, 6) is -0.329. The third kappa shape index (κ3) is 2.36. The van der Waals surface area contributed by atoms with Gasteiger partial charge in [-0.2, -0.15) is 0 Å². The second kappa shape index (κ2) is 5.28. The Bertz CT molecular complexity index is 870. The number of benzene rings is 2. The Morgan fingerprint density at radius 2 is 1.70 bits per heavy atom. The molecule has 2 aromatic carbocycles. The Kier molecular flexibility index (Phi) is 3.12. The molecule has 4 rings (SSSR count). The summed E-state index contributed by atoms with van der Waals surface area (Å²) in [6.07, 6.45) is 1.99. The van der Waals surface area contributed by atoms with Gasteiger partial charge in [-0.05, 0) is 48.5 Å². The van der Waals surface area contributed by atoms with Crippen LogP contribution in [0.15, 0.2) is 66.9 Å². The van der Waals surface area contributed by atoms with E-state index >= 15 is 0 Å². The van der Waals surface area contributed by atoms with E-state index in [0.717, 1.165) is 17.1 Å². The molecule has 0 atom stereocenters. The summed E-state index contributed by atoms with van der Waals surface area (Å²) in [5.41, 5.74) is 3.41. The van der Waals surface area contributed by atoms with E-state index in [1.165, 1.54) is 12.1 Å². The monoisotopic (exact) mass is 307 g/mol. The zero-order valence-electron chi connectivity index (χ0n) is 12.2. The summed E-state index contributed by atoms with van der Waals surface area (Å²) in [7, 11) is 0. The normalized spacial score (nSPS) is 12.5. The van der Waals surface area contributed by atoms with Gasteiger partial charge >= 0.3 is 6.03 Å². The van der Waals surface area contributed by atoms with Crippen LogP contribution in [0.1, 0.15) is 5.69 Å². The number of amides is 2. The molecule has 2 heterocycles. The van der Waals surface area contributed by atoms with E-state index in [9.17, 15) is 9.18 Å². The number of rotatable bonds is 1. The van der Waals surface area contributed by atoms with E-state index in [0.29, 0.717) is 12.2 Å².